The third-order valence-corrected chi connectivity index (χ3v) is 1.95. The normalized spacial score (nSPS) is 8.69. The summed E-state index contributed by atoms with van der Waals surface area (Å²) in [6, 6.07) is 0. The van der Waals surface area contributed by atoms with E-state index in [4.69, 9.17) is 4.74 Å². The summed E-state index contributed by atoms with van der Waals surface area (Å²) in [7, 11) is 0. The number of carbonyl (C=O) groups excluding carboxylic acids is 1. The van der Waals surface area contributed by atoms with Gasteiger partial charge in [0.1, 0.15) is 0 Å². The van der Waals surface area contributed by atoms with E-state index >= 15 is 0 Å². The molecule has 0 N–H and O–H groups in total. The van der Waals surface area contributed by atoms with Crippen molar-refractivity contribution in [3.63, 3.8) is 0 Å². The molecule has 2 nitrogen and oxygen atoms in total. The van der Waals surface area contributed by atoms with Gasteiger partial charge in [-0.05, 0) is 19.8 Å². The van der Waals surface area contributed by atoms with Gasteiger partial charge in [0.2, 0.25) is 0 Å². The van der Waals surface area contributed by atoms with Crippen molar-refractivity contribution in [2.24, 2.45) is 0 Å². The Bertz CT molecular complexity index is 195. The highest BCUT2D eigenvalue weighted by Gasteiger charge is 2.04. The van der Waals surface area contributed by atoms with Gasteiger partial charge in [0.05, 0.1) is 6.61 Å². The molecule has 0 aliphatic carbocycles. The van der Waals surface area contributed by atoms with Gasteiger partial charge in [0.25, 0.3) is 0 Å². The first-order chi connectivity index (χ1) is 7.63. The molecule has 94 valence electrons. The van der Waals surface area contributed by atoms with Crippen molar-refractivity contribution < 1.29 is 9.53 Å². The molecule has 0 aromatic rings. The van der Waals surface area contributed by atoms with Crippen LogP contribution in [0.15, 0.2) is 24.8 Å². The van der Waals surface area contributed by atoms with Crippen LogP contribution in [0, 0.1) is 0 Å². The summed E-state index contributed by atoms with van der Waals surface area (Å²) in [5.41, 5.74) is 0.565. The first-order valence-corrected chi connectivity index (χ1v) is 6.05. The molecule has 0 atom stereocenters. The third-order valence-electron chi connectivity index (χ3n) is 1.95. The molecule has 0 aromatic carbocycles. The van der Waals surface area contributed by atoms with Crippen LogP contribution in [0.2, 0.25) is 0 Å². The largest absolute Gasteiger partial charge is 0.462 e. The molecule has 0 bridgehead atoms. The van der Waals surface area contributed by atoms with Gasteiger partial charge in [-0.25, -0.2) is 4.79 Å². The van der Waals surface area contributed by atoms with E-state index in [1.807, 2.05) is 13.8 Å². The molecule has 0 spiro atoms. The Morgan fingerprint density at radius 1 is 1.25 bits per heavy atom. The molecule has 2 heteroatoms. The van der Waals surface area contributed by atoms with Crippen LogP contribution in [0.3, 0.4) is 0 Å². The van der Waals surface area contributed by atoms with E-state index in [1.165, 1.54) is 12.8 Å². The second-order valence-corrected chi connectivity index (χ2v) is 3.56. The average Bonchev–Trinajstić information content (AvgIpc) is 2.28. The molecule has 0 unspecified atom stereocenters. The average molecular weight is 226 g/mol. The fourth-order valence-electron chi connectivity index (χ4n) is 0.940. The van der Waals surface area contributed by atoms with E-state index in [-0.39, 0.29) is 5.97 Å². The highest BCUT2D eigenvalue weighted by molar-refractivity contribution is 5.87. The Labute approximate surface area is 100 Å². The third kappa shape index (κ3) is 12.9. The summed E-state index contributed by atoms with van der Waals surface area (Å²) < 4.78 is 5.00. The lowest BCUT2D eigenvalue weighted by atomic mass is 10.2. The van der Waals surface area contributed by atoms with Crippen LogP contribution in [0.5, 0.6) is 0 Å². The van der Waals surface area contributed by atoms with Gasteiger partial charge in [-0.15, -0.1) is 6.58 Å². The number of unbranched alkanes of at least 4 members (excludes halogenated alkanes) is 3. The van der Waals surface area contributed by atoms with Crippen LogP contribution < -0.4 is 0 Å². The summed E-state index contributed by atoms with van der Waals surface area (Å²) in [5, 5.41) is 0. The monoisotopic (exact) mass is 226 g/mol. The Morgan fingerprint density at radius 3 is 2.25 bits per heavy atom. The van der Waals surface area contributed by atoms with Gasteiger partial charge in [0, 0.05) is 5.57 Å². The molecule has 0 heterocycles. The Kier molecular flexibility index (Phi) is 15.1. The van der Waals surface area contributed by atoms with Crippen molar-refractivity contribution >= 4 is 5.97 Å². The standard InChI is InChI=1S/C11H20O2.C3H6/c1-4-6-7-8-9-13-11(12)10(3)5-2;1-3-2/h3-9H2,1-2H3;3H,1H2,2H3. The minimum Gasteiger partial charge on any atom is -0.462 e. The number of hydrogen-bond donors (Lipinski definition) is 0. The number of carbonyl (C=O) groups is 1. The topological polar surface area (TPSA) is 26.3 Å². The second kappa shape index (κ2) is 13.9. The van der Waals surface area contributed by atoms with Crippen molar-refractivity contribution in [3.05, 3.63) is 24.8 Å². The molecule has 0 aromatic heterocycles. The predicted molar refractivity (Wildman–Crippen MR) is 70.4 cm³/mol. The van der Waals surface area contributed by atoms with Crippen molar-refractivity contribution in [2.75, 3.05) is 6.61 Å². The predicted octanol–water partition coefficient (Wildman–Crippen LogP) is 4.27. The minimum atomic E-state index is -0.237. The van der Waals surface area contributed by atoms with Gasteiger partial charge in [0.15, 0.2) is 0 Å². The molecular weight excluding hydrogens is 200 g/mol. The molecule has 0 amide bonds. The Balaban J connectivity index is 0. The van der Waals surface area contributed by atoms with Gasteiger partial charge < -0.3 is 4.74 Å². The van der Waals surface area contributed by atoms with Gasteiger partial charge in [-0.3, -0.25) is 0 Å². The van der Waals surface area contributed by atoms with E-state index in [2.05, 4.69) is 20.1 Å². The molecule has 0 aliphatic rings. The van der Waals surface area contributed by atoms with Crippen molar-refractivity contribution in [3.8, 4) is 0 Å². The number of ether oxygens (including phenoxy) is 1. The maximum absolute atomic E-state index is 11.1. The van der Waals surface area contributed by atoms with Crippen LogP contribution in [0.4, 0.5) is 0 Å². The molecule has 0 saturated carbocycles. The van der Waals surface area contributed by atoms with Crippen molar-refractivity contribution in [2.45, 2.75) is 52.9 Å². The minimum absolute atomic E-state index is 0.237. The Hall–Kier alpha value is -1.05. The maximum atomic E-state index is 11.1. The van der Waals surface area contributed by atoms with Gasteiger partial charge in [-0.1, -0.05) is 45.8 Å². The number of rotatable bonds is 7. The zero-order valence-corrected chi connectivity index (χ0v) is 11.1. The summed E-state index contributed by atoms with van der Waals surface area (Å²) in [5.74, 6) is -0.237. The molecule has 0 aliphatic heterocycles. The molecule has 16 heavy (non-hydrogen) atoms. The summed E-state index contributed by atoms with van der Waals surface area (Å²) in [6.45, 7) is 13.5. The highest BCUT2D eigenvalue weighted by Crippen LogP contribution is 2.03. The van der Waals surface area contributed by atoms with Crippen LogP contribution in [0.1, 0.15) is 52.9 Å². The lowest BCUT2D eigenvalue weighted by molar-refractivity contribution is -0.139. The van der Waals surface area contributed by atoms with Crippen LogP contribution in [0.25, 0.3) is 0 Å². The smallest absolute Gasteiger partial charge is 0.333 e. The van der Waals surface area contributed by atoms with E-state index < -0.39 is 0 Å². The number of allylic oxidation sites excluding steroid dienone is 1. The van der Waals surface area contributed by atoms with Gasteiger partial charge >= 0.3 is 5.97 Å². The first kappa shape index (κ1) is 17.3. The zero-order chi connectivity index (χ0) is 12.8. The molecule has 0 rings (SSSR count). The molecule has 0 radical (unpaired) electrons. The van der Waals surface area contributed by atoms with Crippen molar-refractivity contribution in [1.82, 2.24) is 0 Å². The van der Waals surface area contributed by atoms with Gasteiger partial charge in [-0.2, -0.15) is 0 Å². The number of esters is 1. The SMILES string of the molecule is C=C(CC)C(=O)OCCCCCC.C=CC. The Morgan fingerprint density at radius 2 is 1.81 bits per heavy atom. The lowest BCUT2D eigenvalue weighted by Gasteiger charge is -2.04. The van der Waals surface area contributed by atoms with E-state index in [9.17, 15) is 4.79 Å². The quantitative estimate of drug-likeness (QED) is 0.280. The summed E-state index contributed by atoms with van der Waals surface area (Å²) in [4.78, 5) is 11.1. The van der Waals surface area contributed by atoms with Crippen LogP contribution in [-0.2, 0) is 9.53 Å². The maximum Gasteiger partial charge on any atom is 0.333 e. The molecule has 0 fully saturated rings. The fourth-order valence-corrected chi connectivity index (χ4v) is 0.940. The second-order valence-electron chi connectivity index (χ2n) is 3.56. The van der Waals surface area contributed by atoms with E-state index in [0.717, 1.165) is 12.8 Å². The van der Waals surface area contributed by atoms with Crippen LogP contribution in [-0.4, -0.2) is 12.6 Å². The van der Waals surface area contributed by atoms with E-state index in [1.54, 1.807) is 6.08 Å². The van der Waals surface area contributed by atoms with Crippen molar-refractivity contribution in [1.29, 1.82) is 0 Å². The van der Waals surface area contributed by atoms with E-state index in [0.29, 0.717) is 18.6 Å². The number of hydrogen-bond acceptors (Lipinski definition) is 2. The first-order valence-electron chi connectivity index (χ1n) is 6.05. The summed E-state index contributed by atoms with van der Waals surface area (Å²) >= 11 is 0. The molecule has 0 saturated heterocycles. The zero-order valence-electron chi connectivity index (χ0n) is 11.1. The summed E-state index contributed by atoms with van der Waals surface area (Å²) in [6.07, 6.45) is 6.95. The lowest BCUT2D eigenvalue weighted by Crippen LogP contribution is -2.07. The molecular formula is C14H26O2. The highest BCUT2D eigenvalue weighted by atomic mass is 16.5. The van der Waals surface area contributed by atoms with Crippen LogP contribution >= 0.6 is 0 Å². The fraction of sp³-hybridized carbons (Fsp3) is 0.643.